The normalized spacial score (nSPS) is 12.9. The molecule has 4 heteroatoms. The van der Waals surface area contributed by atoms with Crippen LogP contribution in [0.25, 0.3) is 10.9 Å². The van der Waals surface area contributed by atoms with Crippen molar-refractivity contribution in [1.29, 1.82) is 0 Å². The molecule has 3 aromatic rings. The lowest BCUT2D eigenvalue weighted by atomic mass is 10.1. The van der Waals surface area contributed by atoms with Crippen molar-refractivity contribution in [1.82, 2.24) is 15.3 Å². The molecule has 0 aliphatic rings. The Morgan fingerprint density at radius 1 is 1.29 bits per heavy atom. The molecule has 2 N–H and O–H groups in total. The second-order valence-electron chi connectivity index (χ2n) is 5.47. The van der Waals surface area contributed by atoms with Crippen LogP contribution in [0.3, 0.4) is 0 Å². The first-order valence-corrected chi connectivity index (χ1v) is 8.19. The number of thiazole rings is 1. The summed E-state index contributed by atoms with van der Waals surface area (Å²) >= 11 is 1.79. The minimum Gasteiger partial charge on any atom is -0.361 e. The Bertz CT molecular complexity index is 741. The van der Waals surface area contributed by atoms with Gasteiger partial charge in [-0.2, -0.15) is 0 Å². The van der Waals surface area contributed by atoms with Crippen LogP contribution in [-0.2, 0) is 6.42 Å². The van der Waals surface area contributed by atoms with Gasteiger partial charge in [0.2, 0.25) is 0 Å². The van der Waals surface area contributed by atoms with Crippen LogP contribution in [0.1, 0.15) is 34.1 Å². The van der Waals surface area contributed by atoms with Crippen LogP contribution in [0, 0.1) is 13.8 Å². The second kappa shape index (κ2) is 6.00. The molecule has 1 atom stereocenters. The van der Waals surface area contributed by atoms with Crippen molar-refractivity contribution < 1.29 is 0 Å². The summed E-state index contributed by atoms with van der Waals surface area (Å²) in [4.78, 5) is 9.19. The standard InChI is InChI=1S/C17H21N3S/c1-11(17-12(2)20-13(3)21-17)18-9-8-14-10-19-16-7-5-4-6-15(14)16/h4-7,10-11,18-19H,8-9H2,1-3H3. The topological polar surface area (TPSA) is 40.7 Å². The van der Waals surface area contributed by atoms with Gasteiger partial charge in [0, 0.05) is 28.0 Å². The van der Waals surface area contributed by atoms with Crippen molar-refractivity contribution in [3.63, 3.8) is 0 Å². The summed E-state index contributed by atoms with van der Waals surface area (Å²) in [5, 5.41) is 6.09. The Balaban J connectivity index is 1.62. The van der Waals surface area contributed by atoms with Gasteiger partial charge in [-0.05, 0) is 45.4 Å². The van der Waals surface area contributed by atoms with Crippen LogP contribution in [-0.4, -0.2) is 16.5 Å². The summed E-state index contributed by atoms with van der Waals surface area (Å²) in [6.07, 6.45) is 3.16. The summed E-state index contributed by atoms with van der Waals surface area (Å²) in [5.74, 6) is 0. The summed E-state index contributed by atoms with van der Waals surface area (Å²) in [7, 11) is 0. The maximum absolute atomic E-state index is 4.50. The van der Waals surface area contributed by atoms with E-state index in [-0.39, 0.29) is 0 Å². The van der Waals surface area contributed by atoms with E-state index in [9.17, 15) is 0 Å². The van der Waals surface area contributed by atoms with Crippen molar-refractivity contribution in [3.8, 4) is 0 Å². The summed E-state index contributed by atoms with van der Waals surface area (Å²) < 4.78 is 0. The molecule has 0 aliphatic heterocycles. The first-order valence-electron chi connectivity index (χ1n) is 7.37. The lowest BCUT2D eigenvalue weighted by Crippen LogP contribution is -2.21. The van der Waals surface area contributed by atoms with Gasteiger partial charge >= 0.3 is 0 Å². The summed E-state index contributed by atoms with van der Waals surface area (Å²) in [5.41, 5.74) is 3.75. The van der Waals surface area contributed by atoms with Crippen LogP contribution >= 0.6 is 11.3 Å². The Hall–Kier alpha value is -1.65. The average Bonchev–Trinajstić information content (AvgIpc) is 3.02. The molecule has 0 saturated heterocycles. The van der Waals surface area contributed by atoms with Crippen molar-refractivity contribution in [2.75, 3.05) is 6.54 Å². The van der Waals surface area contributed by atoms with E-state index >= 15 is 0 Å². The molecule has 110 valence electrons. The van der Waals surface area contributed by atoms with E-state index in [0.717, 1.165) is 23.7 Å². The predicted molar refractivity (Wildman–Crippen MR) is 90.0 cm³/mol. The van der Waals surface area contributed by atoms with Gasteiger partial charge in [0.1, 0.15) is 0 Å². The van der Waals surface area contributed by atoms with E-state index in [1.165, 1.54) is 21.3 Å². The summed E-state index contributed by atoms with van der Waals surface area (Å²) in [6.45, 7) is 7.35. The van der Waals surface area contributed by atoms with E-state index in [2.05, 4.69) is 66.5 Å². The van der Waals surface area contributed by atoms with Gasteiger partial charge in [-0.25, -0.2) is 4.98 Å². The average molecular weight is 299 g/mol. The third-order valence-electron chi connectivity index (χ3n) is 3.85. The van der Waals surface area contributed by atoms with Crippen LogP contribution in [0.5, 0.6) is 0 Å². The molecule has 21 heavy (non-hydrogen) atoms. The molecule has 0 aliphatic carbocycles. The van der Waals surface area contributed by atoms with E-state index < -0.39 is 0 Å². The number of aromatic amines is 1. The van der Waals surface area contributed by atoms with Crippen LogP contribution in [0.2, 0.25) is 0 Å². The van der Waals surface area contributed by atoms with Gasteiger partial charge in [0.25, 0.3) is 0 Å². The number of nitrogens with zero attached hydrogens (tertiary/aromatic N) is 1. The van der Waals surface area contributed by atoms with Crippen molar-refractivity contribution in [2.45, 2.75) is 33.2 Å². The lowest BCUT2D eigenvalue weighted by molar-refractivity contribution is 0.582. The highest BCUT2D eigenvalue weighted by Crippen LogP contribution is 2.24. The number of benzene rings is 1. The van der Waals surface area contributed by atoms with Gasteiger partial charge in [0.05, 0.1) is 10.7 Å². The summed E-state index contributed by atoms with van der Waals surface area (Å²) in [6, 6.07) is 8.83. The number of fused-ring (bicyclic) bond motifs is 1. The zero-order valence-electron chi connectivity index (χ0n) is 12.7. The fourth-order valence-electron chi connectivity index (χ4n) is 2.80. The molecule has 0 amide bonds. The maximum atomic E-state index is 4.50. The molecule has 0 radical (unpaired) electrons. The Morgan fingerprint density at radius 3 is 2.86 bits per heavy atom. The van der Waals surface area contributed by atoms with E-state index in [4.69, 9.17) is 0 Å². The van der Waals surface area contributed by atoms with Crippen LogP contribution in [0.15, 0.2) is 30.5 Å². The molecule has 0 bridgehead atoms. The zero-order valence-corrected chi connectivity index (χ0v) is 13.6. The van der Waals surface area contributed by atoms with Gasteiger partial charge in [-0.15, -0.1) is 11.3 Å². The fraction of sp³-hybridized carbons (Fsp3) is 0.353. The maximum Gasteiger partial charge on any atom is 0.0900 e. The highest BCUT2D eigenvalue weighted by molar-refractivity contribution is 7.11. The third kappa shape index (κ3) is 3.01. The van der Waals surface area contributed by atoms with Crippen LogP contribution < -0.4 is 5.32 Å². The highest BCUT2D eigenvalue weighted by atomic mass is 32.1. The van der Waals surface area contributed by atoms with E-state index in [0.29, 0.717) is 6.04 Å². The SMILES string of the molecule is Cc1nc(C)c(C(C)NCCc2c[nH]c3ccccc23)s1. The molecule has 3 rings (SSSR count). The number of hydrogen-bond acceptors (Lipinski definition) is 3. The number of nitrogens with one attached hydrogen (secondary N) is 2. The number of rotatable bonds is 5. The molecular formula is C17H21N3S. The van der Waals surface area contributed by atoms with E-state index in [1.807, 2.05) is 0 Å². The minimum atomic E-state index is 0.362. The zero-order chi connectivity index (χ0) is 14.8. The number of aryl methyl sites for hydroxylation is 2. The highest BCUT2D eigenvalue weighted by Gasteiger charge is 2.12. The van der Waals surface area contributed by atoms with Crippen LogP contribution in [0.4, 0.5) is 0 Å². The largest absolute Gasteiger partial charge is 0.361 e. The number of H-pyrrole nitrogens is 1. The van der Waals surface area contributed by atoms with Gasteiger partial charge in [-0.1, -0.05) is 18.2 Å². The Morgan fingerprint density at radius 2 is 2.10 bits per heavy atom. The van der Waals surface area contributed by atoms with Gasteiger partial charge < -0.3 is 10.3 Å². The van der Waals surface area contributed by atoms with Crippen molar-refractivity contribution >= 4 is 22.2 Å². The number of para-hydroxylation sites is 1. The fourth-order valence-corrected chi connectivity index (χ4v) is 3.76. The number of aromatic nitrogens is 2. The molecule has 1 unspecified atom stereocenters. The van der Waals surface area contributed by atoms with Crippen molar-refractivity contribution in [3.05, 3.63) is 51.6 Å². The van der Waals surface area contributed by atoms with E-state index in [1.54, 1.807) is 11.3 Å². The first kappa shape index (κ1) is 14.3. The molecule has 0 fully saturated rings. The third-order valence-corrected chi connectivity index (χ3v) is 5.11. The Kier molecular flexibility index (Phi) is 4.08. The first-order chi connectivity index (χ1) is 10.1. The quantitative estimate of drug-likeness (QED) is 0.743. The van der Waals surface area contributed by atoms with Gasteiger partial charge in [0.15, 0.2) is 0 Å². The van der Waals surface area contributed by atoms with Crippen molar-refractivity contribution in [2.24, 2.45) is 0 Å². The molecule has 0 spiro atoms. The Labute approximate surface area is 129 Å². The lowest BCUT2D eigenvalue weighted by Gasteiger charge is -2.12. The minimum absolute atomic E-state index is 0.362. The molecule has 1 aromatic carbocycles. The second-order valence-corrected chi connectivity index (χ2v) is 6.70. The monoisotopic (exact) mass is 299 g/mol. The predicted octanol–water partition coefficient (Wildman–Crippen LogP) is 4.13. The molecule has 3 nitrogen and oxygen atoms in total. The smallest absolute Gasteiger partial charge is 0.0900 e. The van der Waals surface area contributed by atoms with Gasteiger partial charge in [-0.3, -0.25) is 0 Å². The number of hydrogen-bond donors (Lipinski definition) is 2. The molecule has 2 heterocycles. The molecule has 2 aromatic heterocycles. The molecule has 0 saturated carbocycles. The molecular weight excluding hydrogens is 278 g/mol.